The molecule has 0 spiro atoms. The van der Waals surface area contributed by atoms with Crippen LogP contribution in [0.15, 0.2) is 67.3 Å². The van der Waals surface area contributed by atoms with Crippen molar-refractivity contribution in [3.05, 3.63) is 72.8 Å². The van der Waals surface area contributed by atoms with Crippen LogP contribution in [0.25, 0.3) is 28.2 Å². The predicted molar refractivity (Wildman–Crippen MR) is 216 cm³/mol. The topological polar surface area (TPSA) is 176 Å². The number of carbonyl (C=O) groups is 4. The lowest BCUT2D eigenvalue weighted by Gasteiger charge is -2.32. The number of urea groups is 1. The van der Waals surface area contributed by atoms with Gasteiger partial charge in [-0.15, -0.1) is 6.58 Å². The molecule has 57 heavy (non-hydrogen) atoms. The number of allylic oxidation sites excluding steroid dienone is 1. The monoisotopic (exact) mass is 798 g/mol. The zero-order chi connectivity index (χ0) is 40.6. The van der Waals surface area contributed by atoms with E-state index in [-0.39, 0.29) is 25.3 Å². The standard InChI is InChI=1S/C42H50N6O8S/c1-6-28-23-42(28,40(51)46-57(53,54)30-16-17-30)45-38(49)34-20-29-24-48(34)39(50)37(25(2)3)44-41(52)47(4)18-12-8-11-15-27-19-31-33(22-35(27)55-5)43-32(21-36(31)56-29)26-13-9-7-10-14-26/h6-7,9-11,13-15,19,21-22,25,28-30,34,37H,1,8,12,16-18,20,23-24H2,2-5H3,(H,44,52)(H,45,49)(H,46,51)/t28-,29-,34+,37+,42-/m1/s1. The van der Waals surface area contributed by atoms with Crippen molar-refractivity contribution >= 4 is 50.8 Å². The third-order valence-corrected chi connectivity index (χ3v) is 13.1. The van der Waals surface area contributed by atoms with Gasteiger partial charge in [0, 0.05) is 54.6 Å². The second-order valence-corrected chi connectivity index (χ2v) is 17.7. The quantitative estimate of drug-likeness (QED) is 0.265. The summed E-state index contributed by atoms with van der Waals surface area (Å²) in [7, 11) is -0.641. The molecule has 5 amide bonds. The molecule has 2 aromatic carbocycles. The van der Waals surface area contributed by atoms with E-state index in [4.69, 9.17) is 14.5 Å². The van der Waals surface area contributed by atoms with Crippen molar-refractivity contribution in [2.75, 3.05) is 27.2 Å². The van der Waals surface area contributed by atoms with Gasteiger partial charge < -0.3 is 29.9 Å². The summed E-state index contributed by atoms with van der Waals surface area (Å²) < 4.78 is 40.3. The number of nitrogens with one attached hydrogen (secondary N) is 3. The van der Waals surface area contributed by atoms with Gasteiger partial charge in [0.1, 0.15) is 35.2 Å². The average molecular weight is 799 g/mol. The number of benzene rings is 2. The molecule has 2 aliphatic carbocycles. The summed E-state index contributed by atoms with van der Waals surface area (Å²) in [4.78, 5) is 64.0. The van der Waals surface area contributed by atoms with Crippen LogP contribution in [0.3, 0.4) is 0 Å². The Balaban J connectivity index is 1.28. The predicted octanol–water partition coefficient (Wildman–Crippen LogP) is 4.40. The van der Waals surface area contributed by atoms with Gasteiger partial charge in [-0.3, -0.25) is 19.1 Å². The van der Waals surface area contributed by atoms with E-state index in [1.807, 2.05) is 74.5 Å². The van der Waals surface area contributed by atoms with Gasteiger partial charge in [-0.1, -0.05) is 62.4 Å². The molecule has 0 unspecified atom stereocenters. The highest BCUT2D eigenvalue weighted by atomic mass is 32.2. The summed E-state index contributed by atoms with van der Waals surface area (Å²) in [5.74, 6) is -1.73. The lowest BCUT2D eigenvalue weighted by molar-refractivity contribution is -0.141. The molecule has 2 aliphatic heterocycles. The first-order valence-electron chi connectivity index (χ1n) is 19.5. The molecule has 302 valence electrons. The minimum atomic E-state index is -3.91. The summed E-state index contributed by atoms with van der Waals surface area (Å²) in [6, 6.07) is 12.8. The average Bonchev–Trinajstić information content (AvgIpc) is 4.12. The molecular weight excluding hydrogens is 749 g/mol. The SMILES string of the molecule is C=C[C@@H]1C[C@]1(NC(=O)[C@@H]1C[C@@H]2CN1C(=O)[C@H](C(C)C)NC(=O)N(C)CCCC=Cc1cc3c(cc(-c4ccccc4)nc3cc1OC)O2)C(=O)NS(=O)(=O)C1CC1. The van der Waals surface area contributed by atoms with Crippen molar-refractivity contribution < 1.29 is 37.1 Å². The number of nitrogens with zero attached hydrogens (tertiary/aromatic N) is 3. The first kappa shape index (κ1) is 39.8. The van der Waals surface area contributed by atoms with Gasteiger partial charge >= 0.3 is 6.03 Å². The van der Waals surface area contributed by atoms with Crippen molar-refractivity contribution in [2.24, 2.45) is 11.8 Å². The third kappa shape index (κ3) is 8.20. The van der Waals surface area contributed by atoms with E-state index in [2.05, 4.69) is 21.9 Å². The summed E-state index contributed by atoms with van der Waals surface area (Å²) in [5, 5.41) is 5.79. The Morgan fingerprint density at radius 2 is 1.89 bits per heavy atom. The molecule has 4 bridgehead atoms. The fraction of sp³-hybridized carbons (Fsp3) is 0.452. The molecule has 15 heteroatoms. The third-order valence-electron chi connectivity index (χ3n) is 11.3. The minimum absolute atomic E-state index is 0.0145. The molecule has 1 saturated heterocycles. The maximum atomic E-state index is 14.6. The van der Waals surface area contributed by atoms with Crippen LogP contribution in [0.1, 0.15) is 57.9 Å². The second-order valence-electron chi connectivity index (χ2n) is 15.8. The Bertz CT molecular complexity index is 2230. The molecule has 3 aromatic rings. The van der Waals surface area contributed by atoms with E-state index in [1.54, 1.807) is 14.2 Å². The van der Waals surface area contributed by atoms with Crippen LogP contribution in [0, 0.1) is 11.8 Å². The van der Waals surface area contributed by atoms with E-state index in [0.29, 0.717) is 60.3 Å². The van der Waals surface area contributed by atoms with E-state index < -0.39 is 68.7 Å². The summed E-state index contributed by atoms with van der Waals surface area (Å²) in [6.07, 6.45) is 7.24. The number of ether oxygens (including phenoxy) is 2. The maximum absolute atomic E-state index is 14.6. The lowest BCUT2D eigenvalue weighted by atomic mass is 10.0. The van der Waals surface area contributed by atoms with Crippen molar-refractivity contribution in [1.82, 2.24) is 30.1 Å². The molecule has 3 N–H and O–H groups in total. The number of rotatable bonds is 9. The number of methoxy groups -OCH3 is 1. The largest absolute Gasteiger partial charge is 0.496 e. The number of fused-ring (bicyclic) bond motifs is 3. The number of pyridine rings is 1. The van der Waals surface area contributed by atoms with Crippen LogP contribution < -0.4 is 24.8 Å². The van der Waals surface area contributed by atoms with Gasteiger partial charge in [-0.05, 0) is 44.1 Å². The first-order chi connectivity index (χ1) is 27.2. The molecule has 3 fully saturated rings. The normalized spacial score (nSPS) is 25.4. The fourth-order valence-electron chi connectivity index (χ4n) is 7.67. The second kappa shape index (κ2) is 15.8. The van der Waals surface area contributed by atoms with Crippen molar-refractivity contribution in [2.45, 2.75) is 81.3 Å². The molecule has 7 rings (SSSR count). The number of sulfonamides is 1. The van der Waals surface area contributed by atoms with E-state index in [9.17, 15) is 27.6 Å². The van der Waals surface area contributed by atoms with E-state index in [0.717, 1.165) is 11.1 Å². The summed E-state index contributed by atoms with van der Waals surface area (Å²) in [6.45, 7) is 7.85. The Hall–Kier alpha value is -5.44. The smallest absolute Gasteiger partial charge is 0.317 e. The van der Waals surface area contributed by atoms with Gasteiger partial charge in [-0.2, -0.15) is 0 Å². The van der Waals surface area contributed by atoms with Gasteiger partial charge in [0.2, 0.25) is 21.8 Å². The highest BCUT2D eigenvalue weighted by Crippen LogP contribution is 2.46. The number of amides is 5. The molecule has 3 heterocycles. The van der Waals surface area contributed by atoms with Gasteiger partial charge in [0.05, 0.1) is 30.1 Å². The fourth-order valence-corrected chi connectivity index (χ4v) is 9.03. The summed E-state index contributed by atoms with van der Waals surface area (Å²) >= 11 is 0. The van der Waals surface area contributed by atoms with Gasteiger partial charge in [-0.25, -0.2) is 18.2 Å². The Morgan fingerprint density at radius 3 is 2.56 bits per heavy atom. The summed E-state index contributed by atoms with van der Waals surface area (Å²) in [5.41, 5.74) is 1.37. The van der Waals surface area contributed by atoms with Crippen LogP contribution in [0.4, 0.5) is 4.79 Å². The number of hydrogen-bond donors (Lipinski definition) is 3. The molecular formula is C42H50N6O8S. The highest BCUT2D eigenvalue weighted by molar-refractivity contribution is 7.91. The molecule has 1 aromatic heterocycles. The molecule has 5 atom stereocenters. The molecule has 4 aliphatic rings. The highest BCUT2D eigenvalue weighted by Gasteiger charge is 2.62. The van der Waals surface area contributed by atoms with E-state index in [1.165, 1.54) is 15.9 Å². The number of hydrogen-bond acceptors (Lipinski definition) is 9. The zero-order valence-electron chi connectivity index (χ0n) is 32.7. The van der Waals surface area contributed by atoms with Gasteiger partial charge in [0.15, 0.2) is 0 Å². The van der Waals surface area contributed by atoms with E-state index >= 15 is 0 Å². The Labute approximate surface area is 333 Å². The van der Waals surface area contributed by atoms with Gasteiger partial charge in [0.25, 0.3) is 5.91 Å². The Morgan fingerprint density at radius 1 is 1.14 bits per heavy atom. The first-order valence-corrected chi connectivity index (χ1v) is 21.0. The van der Waals surface area contributed by atoms with Crippen LogP contribution >= 0.6 is 0 Å². The molecule has 14 nitrogen and oxygen atoms in total. The molecule has 0 radical (unpaired) electrons. The van der Waals surface area contributed by atoms with Crippen LogP contribution in [0.5, 0.6) is 11.5 Å². The maximum Gasteiger partial charge on any atom is 0.317 e. The van der Waals surface area contributed by atoms with Crippen molar-refractivity contribution in [3.63, 3.8) is 0 Å². The van der Waals surface area contributed by atoms with Crippen LogP contribution in [0.2, 0.25) is 0 Å². The number of aromatic nitrogens is 1. The lowest BCUT2D eigenvalue weighted by Crippen LogP contribution is -2.59. The van der Waals surface area contributed by atoms with Crippen LogP contribution in [-0.2, 0) is 24.4 Å². The number of carbonyl (C=O) groups excluding carboxylic acids is 4. The molecule has 2 saturated carbocycles. The van der Waals surface area contributed by atoms with Crippen molar-refractivity contribution in [1.29, 1.82) is 0 Å². The van der Waals surface area contributed by atoms with Crippen LogP contribution in [-0.4, -0.2) is 103 Å². The minimum Gasteiger partial charge on any atom is -0.496 e. The zero-order valence-corrected chi connectivity index (χ0v) is 33.5. The Kier molecular flexibility index (Phi) is 11.1. The van der Waals surface area contributed by atoms with Crippen molar-refractivity contribution in [3.8, 4) is 22.8 Å².